The Hall–Kier alpha value is -1.75. The van der Waals surface area contributed by atoms with Gasteiger partial charge in [0.25, 0.3) is 5.91 Å². The molecule has 0 heterocycles. The zero-order valence-corrected chi connectivity index (χ0v) is 12.5. The van der Waals surface area contributed by atoms with Gasteiger partial charge in [0.05, 0.1) is 23.5 Å². The van der Waals surface area contributed by atoms with Crippen LogP contribution in [0.25, 0.3) is 0 Å². The number of hydrogen-bond donors (Lipinski definition) is 4. The molecule has 1 amide bonds. The number of carbonyl (C=O) groups is 1. The summed E-state index contributed by atoms with van der Waals surface area (Å²) >= 11 is 0. The normalized spacial score (nSPS) is 11.2. The van der Waals surface area contributed by atoms with Gasteiger partial charge >= 0.3 is 0 Å². The van der Waals surface area contributed by atoms with Crippen LogP contribution in [0.2, 0.25) is 0 Å². The molecular weight excluding hydrogens is 254 g/mol. The molecule has 0 aliphatic rings. The Bertz CT molecular complexity index is 448. The Morgan fingerprint density at radius 1 is 1.30 bits per heavy atom. The highest BCUT2D eigenvalue weighted by molar-refractivity contribution is 5.96. The predicted molar refractivity (Wildman–Crippen MR) is 82.9 cm³/mol. The third-order valence-corrected chi connectivity index (χ3v) is 3.71. The first-order valence-corrected chi connectivity index (χ1v) is 7.08. The molecule has 0 atom stereocenters. The van der Waals surface area contributed by atoms with Crippen LogP contribution in [-0.4, -0.2) is 29.7 Å². The molecule has 0 radical (unpaired) electrons. The molecule has 20 heavy (non-hydrogen) atoms. The first-order chi connectivity index (χ1) is 9.51. The molecule has 1 rings (SSSR count). The van der Waals surface area contributed by atoms with E-state index in [1.165, 1.54) is 0 Å². The van der Waals surface area contributed by atoms with E-state index >= 15 is 0 Å². The van der Waals surface area contributed by atoms with E-state index in [0.717, 1.165) is 18.5 Å². The van der Waals surface area contributed by atoms with Crippen LogP contribution in [0.4, 0.5) is 11.4 Å². The van der Waals surface area contributed by atoms with E-state index in [9.17, 15) is 9.90 Å². The molecule has 5 nitrogen and oxygen atoms in total. The number of carbonyl (C=O) groups excluding carboxylic acids is 1. The molecule has 0 unspecified atom stereocenters. The van der Waals surface area contributed by atoms with Crippen LogP contribution >= 0.6 is 0 Å². The van der Waals surface area contributed by atoms with Gasteiger partial charge in [0.1, 0.15) is 0 Å². The van der Waals surface area contributed by atoms with E-state index in [4.69, 9.17) is 5.73 Å². The van der Waals surface area contributed by atoms with Gasteiger partial charge < -0.3 is 21.5 Å². The van der Waals surface area contributed by atoms with Crippen molar-refractivity contribution in [2.24, 2.45) is 0 Å². The second kappa shape index (κ2) is 7.14. The van der Waals surface area contributed by atoms with Crippen molar-refractivity contribution in [2.75, 3.05) is 24.2 Å². The number of aliphatic hydroxyl groups is 1. The van der Waals surface area contributed by atoms with Crippen LogP contribution in [-0.2, 0) is 0 Å². The molecule has 5 heteroatoms. The molecule has 0 aliphatic carbocycles. The van der Waals surface area contributed by atoms with E-state index in [0.29, 0.717) is 17.8 Å². The summed E-state index contributed by atoms with van der Waals surface area (Å²) in [4.78, 5) is 11.7. The quantitative estimate of drug-likeness (QED) is 0.575. The van der Waals surface area contributed by atoms with E-state index in [2.05, 4.69) is 10.6 Å². The molecule has 0 aliphatic heterocycles. The maximum Gasteiger partial charge on any atom is 0.251 e. The number of hydrogen-bond acceptors (Lipinski definition) is 4. The Balaban J connectivity index is 2.96. The maximum absolute atomic E-state index is 11.7. The fourth-order valence-corrected chi connectivity index (χ4v) is 2.06. The molecule has 0 spiro atoms. The minimum Gasteiger partial charge on any atom is -0.397 e. The van der Waals surface area contributed by atoms with E-state index < -0.39 is 0 Å². The first-order valence-electron chi connectivity index (χ1n) is 7.08. The van der Waals surface area contributed by atoms with Gasteiger partial charge in [0, 0.05) is 12.1 Å². The first kappa shape index (κ1) is 16.3. The number of nitrogen functional groups attached to an aromatic ring is 1. The lowest BCUT2D eigenvalue weighted by Gasteiger charge is -2.32. The third kappa shape index (κ3) is 3.63. The van der Waals surface area contributed by atoms with Crippen LogP contribution in [0.5, 0.6) is 0 Å². The van der Waals surface area contributed by atoms with Crippen LogP contribution in [0, 0.1) is 0 Å². The Morgan fingerprint density at radius 3 is 2.40 bits per heavy atom. The van der Waals surface area contributed by atoms with Crippen molar-refractivity contribution >= 4 is 17.3 Å². The van der Waals surface area contributed by atoms with Gasteiger partial charge in [-0.25, -0.2) is 0 Å². The molecule has 5 N–H and O–H groups in total. The van der Waals surface area contributed by atoms with E-state index in [-0.39, 0.29) is 18.1 Å². The summed E-state index contributed by atoms with van der Waals surface area (Å²) in [6, 6.07) is 5.17. The number of anilines is 2. The number of amides is 1. The van der Waals surface area contributed by atoms with Crippen LogP contribution in [0.3, 0.4) is 0 Å². The van der Waals surface area contributed by atoms with Gasteiger partial charge in [-0.1, -0.05) is 13.8 Å². The molecule has 112 valence electrons. The lowest BCUT2D eigenvalue weighted by atomic mass is 9.93. The van der Waals surface area contributed by atoms with Crippen LogP contribution < -0.4 is 16.4 Å². The van der Waals surface area contributed by atoms with Gasteiger partial charge in [0.15, 0.2) is 0 Å². The molecule has 1 aromatic rings. The predicted octanol–water partition coefficient (Wildman–Crippen LogP) is 1.98. The monoisotopic (exact) mass is 279 g/mol. The number of nitrogens with two attached hydrogens (primary N) is 1. The summed E-state index contributed by atoms with van der Waals surface area (Å²) in [5, 5.41) is 15.6. The average Bonchev–Trinajstić information content (AvgIpc) is 2.47. The SMILES string of the molecule is CCNC(=O)c1ccc(NC(CC)(CC)CO)c(N)c1. The molecule has 0 aromatic heterocycles. The molecule has 0 fully saturated rings. The van der Waals surface area contributed by atoms with E-state index in [1.54, 1.807) is 18.2 Å². The Morgan fingerprint density at radius 2 is 1.95 bits per heavy atom. The summed E-state index contributed by atoms with van der Waals surface area (Å²) in [6.07, 6.45) is 1.58. The number of rotatable bonds is 7. The number of aliphatic hydroxyl groups excluding tert-OH is 1. The minimum absolute atomic E-state index is 0.0392. The highest BCUT2D eigenvalue weighted by Gasteiger charge is 2.25. The summed E-state index contributed by atoms with van der Waals surface area (Å²) < 4.78 is 0. The lowest BCUT2D eigenvalue weighted by Crippen LogP contribution is -2.41. The van der Waals surface area contributed by atoms with Gasteiger partial charge in [-0.05, 0) is 38.0 Å². The number of nitrogens with one attached hydrogen (secondary N) is 2. The molecule has 1 aromatic carbocycles. The zero-order chi connectivity index (χ0) is 15.2. The van der Waals surface area contributed by atoms with Gasteiger partial charge in [-0.15, -0.1) is 0 Å². The molecule has 0 bridgehead atoms. The average molecular weight is 279 g/mol. The second-order valence-electron chi connectivity index (χ2n) is 4.93. The van der Waals surface area contributed by atoms with Crippen molar-refractivity contribution in [3.05, 3.63) is 23.8 Å². The summed E-state index contributed by atoms with van der Waals surface area (Å²) in [5.41, 5.74) is 7.42. The maximum atomic E-state index is 11.7. The second-order valence-corrected chi connectivity index (χ2v) is 4.93. The fourth-order valence-electron chi connectivity index (χ4n) is 2.06. The van der Waals surface area contributed by atoms with Crippen molar-refractivity contribution in [3.8, 4) is 0 Å². The highest BCUT2D eigenvalue weighted by Crippen LogP contribution is 2.27. The third-order valence-electron chi connectivity index (χ3n) is 3.71. The number of benzene rings is 1. The fraction of sp³-hybridized carbons (Fsp3) is 0.533. The van der Waals surface area contributed by atoms with Crippen molar-refractivity contribution in [2.45, 2.75) is 39.2 Å². The van der Waals surface area contributed by atoms with Crippen molar-refractivity contribution in [1.29, 1.82) is 0 Å². The Labute approximate surface area is 120 Å². The topological polar surface area (TPSA) is 87.4 Å². The van der Waals surface area contributed by atoms with Gasteiger partial charge in [-0.2, -0.15) is 0 Å². The smallest absolute Gasteiger partial charge is 0.251 e. The van der Waals surface area contributed by atoms with Gasteiger partial charge in [-0.3, -0.25) is 4.79 Å². The van der Waals surface area contributed by atoms with Crippen molar-refractivity contribution in [1.82, 2.24) is 5.32 Å². The zero-order valence-electron chi connectivity index (χ0n) is 12.5. The van der Waals surface area contributed by atoms with E-state index in [1.807, 2.05) is 20.8 Å². The summed E-state index contributed by atoms with van der Waals surface area (Å²) in [5.74, 6) is -0.134. The van der Waals surface area contributed by atoms with Crippen molar-refractivity contribution < 1.29 is 9.90 Å². The standard InChI is InChI=1S/C15H25N3O2/c1-4-15(5-2,10-19)18-13-8-7-11(9-12(13)16)14(20)17-6-3/h7-9,18-19H,4-6,10,16H2,1-3H3,(H,17,20). The summed E-state index contributed by atoms with van der Waals surface area (Å²) in [7, 11) is 0. The Kier molecular flexibility index (Phi) is 5.82. The van der Waals surface area contributed by atoms with Crippen LogP contribution in [0.15, 0.2) is 18.2 Å². The lowest BCUT2D eigenvalue weighted by molar-refractivity contribution is 0.0956. The highest BCUT2D eigenvalue weighted by atomic mass is 16.3. The molecule has 0 saturated carbocycles. The van der Waals surface area contributed by atoms with Crippen molar-refractivity contribution in [3.63, 3.8) is 0 Å². The summed E-state index contributed by atoms with van der Waals surface area (Å²) in [6.45, 7) is 6.53. The minimum atomic E-state index is -0.374. The van der Waals surface area contributed by atoms with Gasteiger partial charge in [0.2, 0.25) is 0 Å². The molecule has 0 saturated heterocycles. The largest absolute Gasteiger partial charge is 0.397 e. The van der Waals surface area contributed by atoms with Crippen LogP contribution in [0.1, 0.15) is 44.0 Å². The molecular formula is C15H25N3O2.